The highest BCUT2D eigenvalue weighted by molar-refractivity contribution is 5.28. The van der Waals surface area contributed by atoms with Crippen molar-refractivity contribution < 1.29 is 0 Å². The van der Waals surface area contributed by atoms with E-state index in [4.69, 9.17) is 0 Å². The fraction of sp³-hybridized carbons (Fsp3) is 0.571. The van der Waals surface area contributed by atoms with Gasteiger partial charge in [0.1, 0.15) is 0 Å². The first-order chi connectivity index (χ1) is 7.90. The number of benzene rings is 1. The lowest BCUT2D eigenvalue weighted by molar-refractivity contribution is 0.283. The van der Waals surface area contributed by atoms with Gasteiger partial charge < -0.3 is 10.2 Å². The van der Waals surface area contributed by atoms with Crippen LogP contribution >= 0.6 is 0 Å². The summed E-state index contributed by atoms with van der Waals surface area (Å²) in [5.74, 6) is 0. The summed E-state index contributed by atoms with van der Waals surface area (Å²) in [6.45, 7) is 4.81. The van der Waals surface area contributed by atoms with Crippen LogP contribution in [0.1, 0.15) is 17.5 Å². The van der Waals surface area contributed by atoms with Crippen LogP contribution in [-0.4, -0.2) is 38.1 Å². The van der Waals surface area contributed by atoms with Crippen molar-refractivity contribution in [3.05, 3.63) is 35.4 Å². The predicted molar refractivity (Wildman–Crippen MR) is 68.8 cm³/mol. The second-order valence-electron chi connectivity index (χ2n) is 4.57. The van der Waals surface area contributed by atoms with Crippen LogP contribution in [0.25, 0.3) is 0 Å². The van der Waals surface area contributed by atoms with Gasteiger partial charge in [-0.3, -0.25) is 0 Å². The molecule has 2 nitrogen and oxygen atoms in total. The maximum atomic E-state index is 3.21. The molecule has 1 heterocycles. The van der Waals surface area contributed by atoms with Gasteiger partial charge in [-0.1, -0.05) is 24.3 Å². The SMILES string of the molecule is CNCCCN1CCc2ccccc2CC1. The minimum Gasteiger partial charge on any atom is -0.320 e. The van der Waals surface area contributed by atoms with Crippen molar-refractivity contribution in [2.75, 3.05) is 33.2 Å². The standard InChI is InChI=1S/C14H22N2/c1-15-9-4-10-16-11-7-13-5-2-3-6-14(13)8-12-16/h2-3,5-6,15H,4,7-12H2,1H3. The molecule has 0 fully saturated rings. The molecule has 16 heavy (non-hydrogen) atoms. The lowest BCUT2D eigenvalue weighted by Crippen LogP contribution is -2.29. The Kier molecular flexibility index (Phi) is 4.37. The molecule has 0 saturated carbocycles. The Hall–Kier alpha value is -0.860. The van der Waals surface area contributed by atoms with Gasteiger partial charge >= 0.3 is 0 Å². The monoisotopic (exact) mass is 218 g/mol. The topological polar surface area (TPSA) is 15.3 Å². The molecule has 0 radical (unpaired) electrons. The van der Waals surface area contributed by atoms with Gasteiger partial charge in [-0.15, -0.1) is 0 Å². The highest BCUT2D eigenvalue weighted by Gasteiger charge is 2.12. The van der Waals surface area contributed by atoms with Gasteiger partial charge in [0, 0.05) is 13.1 Å². The summed E-state index contributed by atoms with van der Waals surface area (Å²) in [5.41, 5.74) is 3.11. The zero-order valence-corrected chi connectivity index (χ0v) is 10.2. The van der Waals surface area contributed by atoms with Crippen molar-refractivity contribution in [1.82, 2.24) is 10.2 Å². The molecule has 0 unspecified atom stereocenters. The van der Waals surface area contributed by atoms with Gasteiger partial charge in [-0.05, 0) is 50.5 Å². The first-order valence-corrected chi connectivity index (χ1v) is 6.34. The van der Waals surface area contributed by atoms with Gasteiger partial charge in [0.2, 0.25) is 0 Å². The highest BCUT2D eigenvalue weighted by atomic mass is 15.1. The molecular formula is C14H22N2. The Morgan fingerprint density at radius 2 is 1.75 bits per heavy atom. The van der Waals surface area contributed by atoms with Crippen LogP contribution in [0.2, 0.25) is 0 Å². The van der Waals surface area contributed by atoms with E-state index in [1.54, 1.807) is 11.1 Å². The molecule has 0 amide bonds. The normalized spacial score (nSPS) is 16.8. The van der Waals surface area contributed by atoms with E-state index < -0.39 is 0 Å². The Balaban J connectivity index is 1.87. The molecular weight excluding hydrogens is 196 g/mol. The zero-order valence-electron chi connectivity index (χ0n) is 10.2. The summed E-state index contributed by atoms with van der Waals surface area (Å²) < 4.78 is 0. The van der Waals surface area contributed by atoms with Crippen molar-refractivity contribution in [2.45, 2.75) is 19.3 Å². The van der Waals surface area contributed by atoms with Crippen molar-refractivity contribution in [3.63, 3.8) is 0 Å². The third-order valence-electron chi connectivity index (χ3n) is 3.41. The molecule has 2 heteroatoms. The quantitative estimate of drug-likeness (QED) is 0.774. The average Bonchev–Trinajstić information content (AvgIpc) is 2.53. The molecule has 0 saturated heterocycles. The Bertz CT molecular complexity index is 295. The molecule has 88 valence electrons. The molecule has 0 atom stereocenters. The molecule has 0 aliphatic carbocycles. The minimum atomic E-state index is 1.13. The smallest absolute Gasteiger partial charge is 0.00221 e. The van der Waals surface area contributed by atoms with Gasteiger partial charge in [0.05, 0.1) is 0 Å². The first-order valence-electron chi connectivity index (χ1n) is 6.34. The maximum absolute atomic E-state index is 3.21. The largest absolute Gasteiger partial charge is 0.320 e. The van der Waals surface area contributed by atoms with E-state index in [1.807, 2.05) is 7.05 Å². The van der Waals surface area contributed by atoms with Crippen LogP contribution in [0.15, 0.2) is 24.3 Å². The van der Waals surface area contributed by atoms with Gasteiger partial charge in [-0.25, -0.2) is 0 Å². The molecule has 1 N–H and O–H groups in total. The number of nitrogens with one attached hydrogen (secondary N) is 1. The molecule has 2 rings (SSSR count). The third-order valence-corrected chi connectivity index (χ3v) is 3.41. The van der Waals surface area contributed by atoms with Crippen molar-refractivity contribution >= 4 is 0 Å². The van der Waals surface area contributed by atoms with Crippen LogP contribution < -0.4 is 5.32 Å². The van der Waals surface area contributed by atoms with Crippen molar-refractivity contribution in [1.29, 1.82) is 0 Å². The van der Waals surface area contributed by atoms with E-state index in [9.17, 15) is 0 Å². The van der Waals surface area contributed by atoms with E-state index in [2.05, 4.69) is 34.5 Å². The van der Waals surface area contributed by atoms with Crippen LogP contribution in [0.3, 0.4) is 0 Å². The summed E-state index contributed by atoms with van der Waals surface area (Å²) in [7, 11) is 2.03. The summed E-state index contributed by atoms with van der Waals surface area (Å²) >= 11 is 0. The predicted octanol–water partition coefficient (Wildman–Crippen LogP) is 1.70. The average molecular weight is 218 g/mol. The maximum Gasteiger partial charge on any atom is 0.00221 e. The number of hydrogen-bond donors (Lipinski definition) is 1. The summed E-state index contributed by atoms with van der Waals surface area (Å²) in [5, 5.41) is 3.21. The van der Waals surface area contributed by atoms with Crippen LogP contribution in [0.4, 0.5) is 0 Å². The van der Waals surface area contributed by atoms with Gasteiger partial charge in [0.15, 0.2) is 0 Å². The van der Waals surface area contributed by atoms with Crippen LogP contribution in [0, 0.1) is 0 Å². The van der Waals surface area contributed by atoms with Crippen molar-refractivity contribution in [3.8, 4) is 0 Å². The van der Waals surface area contributed by atoms with E-state index in [0.717, 1.165) is 6.54 Å². The van der Waals surface area contributed by atoms with Gasteiger partial charge in [0.25, 0.3) is 0 Å². The molecule has 1 aliphatic heterocycles. The zero-order chi connectivity index (χ0) is 11.2. The number of hydrogen-bond acceptors (Lipinski definition) is 2. The number of rotatable bonds is 4. The molecule has 0 bridgehead atoms. The molecule has 0 aromatic heterocycles. The first kappa shape index (κ1) is 11.6. The lowest BCUT2D eigenvalue weighted by Gasteiger charge is -2.19. The second-order valence-corrected chi connectivity index (χ2v) is 4.57. The van der Waals surface area contributed by atoms with E-state index >= 15 is 0 Å². The fourth-order valence-electron chi connectivity index (χ4n) is 2.42. The molecule has 1 aromatic rings. The molecule has 0 spiro atoms. The van der Waals surface area contributed by atoms with E-state index in [1.165, 1.54) is 38.9 Å². The molecule has 1 aliphatic rings. The lowest BCUT2D eigenvalue weighted by atomic mass is 10.0. The summed E-state index contributed by atoms with van der Waals surface area (Å²) in [6.07, 6.45) is 3.69. The summed E-state index contributed by atoms with van der Waals surface area (Å²) in [4.78, 5) is 2.59. The second kappa shape index (κ2) is 6.02. The fourth-order valence-corrected chi connectivity index (χ4v) is 2.42. The van der Waals surface area contributed by atoms with E-state index in [-0.39, 0.29) is 0 Å². The van der Waals surface area contributed by atoms with Crippen LogP contribution in [-0.2, 0) is 12.8 Å². The summed E-state index contributed by atoms with van der Waals surface area (Å²) in [6, 6.07) is 8.89. The Morgan fingerprint density at radius 1 is 1.12 bits per heavy atom. The number of fused-ring (bicyclic) bond motifs is 1. The molecule has 1 aromatic carbocycles. The third kappa shape index (κ3) is 3.06. The Labute approximate surface area is 98.7 Å². The van der Waals surface area contributed by atoms with Gasteiger partial charge in [-0.2, -0.15) is 0 Å². The van der Waals surface area contributed by atoms with Crippen LogP contribution in [0.5, 0.6) is 0 Å². The highest BCUT2D eigenvalue weighted by Crippen LogP contribution is 2.15. The Morgan fingerprint density at radius 3 is 2.31 bits per heavy atom. The van der Waals surface area contributed by atoms with Crippen molar-refractivity contribution in [2.24, 2.45) is 0 Å². The number of nitrogens with zero attached hydrogens (tertiary/aromatic N) is 1. The van der Waals surface area contributed by atoms with E-state index in [0.29, 0.717) is 0 Å². The minimum absolute atomic E-state index is 1.13.